The fourth-order valence-corrected chi connectivity index (χ4v) is 6.97. The third kappa shape index (κ3) is 6.18. The van der Waals surface area contributed by atoms with Gasteiger partial charge in [0.15, 0.2) is 15.9 Å². The Balaban J connectivity index is 1.32. The molecule has 8 nitrogen and oxygen atoms in total. The Hall–Kier alpha value is -4.09. The van der Waals surface area contributed by atoms with E-state index in [4.69, 9.17) is 32.4 Å². The van der Waals surface area contributed by atoms with Crippen LogP contribution in [0.25, 0.3) is 0 Å². The molecule has 3 aromatic carbocycles. The van der Waals surface area contributed by atoms with Gasteiger partial charge >= 0.3 is 0 Å². The summed E-state index contributed by atoms with van der Waals surface area (Å²) in [7, 11) is 0. The standard InChI is InChI=1S/C31H21Cl2N3O5S2/c32-21-12-11-20(23(33)15-21)17-42-31-35-34-30(43-31)36-26(25(28(38)29(36)39)27(37)24-10-5-13-40-24)19-8-4-9-22(14-19)41-16-18-6-2-1-3-7-18/h1-15,26,38H,16-17H2. The molecule has 43 heavy (non-hydrogen) atoms. The lowest BCUT2D eigenvalue weighted by molar-refractivity contribution is -0.117. The molecule has 0 bridgehead atoms. The number of hydrogen-bond acceptors (Lipinski definition) is 9. The van der Waals surface area contributed by atoms with Crippen molar-refractivity contribution in [3.05, 3.63) is 135 Å². The number of anilines is 1. The average molecular weight is 651 g/mol. The van der Waals surface area contributed by atoms with E-state index in [-0.39, 0.29) is 16.5 Å². The maximum absolute atomic E-state index is 13.6. The quantitative estimate of drug-likeness (QED) is 0.0919. The van der Waals surface area contributed by atoms with Crippen molar-refractivity contribution < 1.29 is 23.8 Å². The Morgan fingerprint density at radius 1 is 1.02 bits per heavy atom. The molecule has 2 aromatic heterocycles. The number of aromatic nitrogens is 2. The van der Waals surface area contributed by atoms with Crippen LogP contribution in [0.4, 0.5) is 5.13 Å². The highest BCUT2D eigenvalue weighted by Gasteiger charge is 2.46. The number of rotatable bonds is 10. The number of hydrogen-bond donors (Lipinski definition) is 1. The summed E-state index contributed by atoms with van der Waals surface area (Å²) in [6.07, 6.45) is 1.35. The Morgan fingerprint density at radius 3 is 2.63 bits per heavy atom. The highest BCUT2D eigenvalue weighted by atomic mass is 35.5. The fraction of sp³-hybridized carbons (Fsp3) is 0.0968. The first-order chi connectivity index (χ1) is 20.9. The van der Waals surface area contributed by atoms with Crippen LogP contribution in [0.5, 0.6) is 5.75 Å². The summed E-state index contributed by atoms with van der Waals surface area (Å²) in [4.78, 5) is 28.4. The van der Waals surface area contributed by atoms with Crippen molar-refractivity contribution in [3.63, 3.8) is 0 Å². The van der Waals surface area contributed by atoms with Gasteiger partial charge in [0.05, 0.1) is 17.9 Å². The molecule has 216 valence electrons. The van der Waals surface area contributed by atoms with Gasteiger partial charge in [0.2, 0.25) is 10.9 Å². The van der Waals surface area contributed by atoms with E-state index in [9.17, 15) is 14.7 Å². The van der Waals surface area contributed by atoms with Gasteiger partial charge in [0.1, 0.15) is 12.4 Å². The van der Waals surface area contributed by atoms with E-state index in [1.54, 1.807) is 42.5 Å². The number of amides is 1. The Bertz CT molecular complexity index is 1830. The minimum absolute atomic E-state index is 0.00830. The molecule has 0 radical (unpaired) electrons. The van der Waals surface area contributed by atoms with Crippen molar-refractivity contribution in [2.75, 3.05) is 4.90 Å². The van der Waals surface area contributed by atoms with Crippen molar-refractivity contribution in [1.29, 1.82) is 0 Å². The van der Waals surface area contributed by atoms with Crippen LogP contribution in [0.1, 0.15) is 33.3 Å². The van der Waals surface area contributed by atoms with Gasteiger partial charge in [-0.15, -0.1) is 10.2 Å². The zero-order chi connectivity index (χ0) is 29.9. The molecule has 1 aliphatic heterocycles. The number of aliphatic hydroxyl groups is 1. The van der Waals surface area contributed by atoms with Crippen molar-refractivity contribution in [3.8, 4) is 5.75 Å². The first-order valence-corrected chi connectivity index (χ1v) is 15.5. The van der Waals surface area contributed by atoms with E-state index in [2.05, 4.69) is 10.2 Å². The Labute approximate surface area is 264 Å². The number of ether oxygens (including phenoxy) is 1. The molecular formula is C31H21Cl2N3O5S2. The van der Waals surface area contributed by atoms with E-state index in [1.165, 1.54) is 29.0 Å². The lowest BCUT2D eigenvalue weighted by Gasteiger charge is -2.24. The highest BCUT2D eigenvalue weighted by Crippen LogP contribution is 2.44. The van der Waals surface area contributed by atoms with Crippen LogP contribution in [0.2, 0.25) is 10.0 Å². The lowest BCUT2D eigenvalue weighted by atomic mass is 9.95. The molecule has 3 heterocycles. The molecule has 12 heteroatoms. The fourth-order valence-electron chi connectivity index (χ4n) is 4.54. The summed E-state index contributed by atoms with van der Waals surface area (Å²) in [6, 6.07) is 24.0. The smallest absolute Gasteiger partial charge is 0.296 e. The number of thioether (sulfide) groups is 1. The van der Waals surface area contributed by atoms with Crippen LogP contribution >= 0.6 is 46.3 Å². The summed E-state index contributed by atoms with van der Waals surface area (Å²) in [5, 5.41) is 20.8. The van der Waals surface area contributed by atoms with Gasteiger partial charge in [-0.2, -0.15) is 0 Å². The van der Waals surface area contributed by atoms with Gasteiger partial charge in [0, 0.05) is 15.8 Å². The zero-order valence-electron chi connectivity index (χ0n) is 22.1. The molecule has 0 fully saturated rings. The molecule has 1 N–H and O–H groups in total. The van der Waals surface area contributed by atoms with Gasteiger partial charge in [-0.05, 0) is 53.1 Å². The highest BCUT2D eigenvalue weighted by molar-refractivity contribution is 8.00. The first kappa shape index (κ1) is 29.0. The van der Waals surface area contributed by atoms with Crippen LogP contribution < -0.4 is 9.64 Å². The van der Waals surface area contributed by atoms with Gasteiger partial charge in [-0.1, -0.05) is 94.8 Å². The van der Waals surface area contributed by atoms with Crippen molar-refractivity contribution in [1.82, 2.24) is 10.2 Å². The number of carbonyl (C=O) groups is 2. The third-order valence-corrected chi connectivity index (χ3v) is 9.28. The second-order valence-corrected chi connectivity index (χ2v) is 12.4. The van der Waals surface area contributed by atoms with Crippen LogP contribution in [-0.4, -0.2) is 27.0 Å². The van der Waals surface area contributed by atoms with Gasteiger partial charge in [-0.25, -0.2) is 0 Å². The maximum Gasteiger partial charge on any atom is 0.296 e. The summed E-state index contributed by atoms with van der Waals surface area (Å²) in [5.41, 5.74) is 2.25. The molecule has 0 aliphatic carbocycles. The number of Topliss-reactive ketones (excluding diaryl/α,β-unsaturated/α-hetero) is 1. The number of halogens is 2. The minimum atomic E-state index is -1.01. The van der Waals surface area contributed by atoms with Gasteiger partial charge in [0.25, 0.3) is 5.91 Å². The number of benzene rings is 3. The summed E-state index contributed by atoms with van der Waals surface area (Å²) >= 11 is 14.9. The Kier molecular flexibility index (Phi) is 8.53. The number of furan rings is 1. The van der Waals surface area contributed by atoms with E-state index >= 15 is 0 Å². The van der Waals surface area contributed by atoms with Crippen molar-refractivity contribution in [2.45, 2.75) is 22.7 Å². The van der Waals surface area contributed by atoms with E-state index in [0.29, 0.717) is 38.1 Å². The van der Waals surface area contributed by atoms with Gasteiger partial charge < -0.3 is 14.3 Å². The van der Waals surface area contributed by atoms with Crippen LogP contribution in [0, 0.1) is 0 Å². The van der Waals surface area contributed by atoms with E-state index < -0.39 is 23.5 Å². The monoisotopic (exact) mass is 649 g/mol. The van der Waals surface area contributed by atoms with Crippen LogP contribution in [0.15, 0.2) is 111 Å². The SMILES string of the molecule is O=C(C1=C(O)C(=O)N(c2nnc(SCc3ccc(Cl)cc3Cl)s2)C1c1cccc(OCc2ccccc2)c1)c1ccco1. The second kappa shape index (κ2) is 12.6. The van der Waals surface area contributed by atoms with E-state index in [0.717, 1.165) is 22.5 Å². The van der Waals surface area contributed by atoms with E-state index in [1.807, 2.05) is 36.4 Å². The molecule has 6 rings (SSSR count). The lowest BCUT2D eigenvalue weighted by Crippen LogP contribution is -2.31. The van der Waals surface area contributed by atoms with Gasteiger partial charge in [-0.3, -0.25) is 14.5 Å². The maximum atomic E-state index is 13.6. The average Bonchev–Trinajstić information content (AvgIpc) is 3.77. The summed E-state index contributed by atoms with van der Waals surface area (Å²) < 4.78 is 11.9. The minimum Gasteiger partial charge on any atom is -0.503 e. The number of carbonyl (C=O) groups excluding carboxylic acids is 2. The van der Waals surface area contributed by atoms with Crippen molar-refractivity contribution in [2.24, 2.45) is 0 Å². The van der Waals surface area contributed by atoms with Crippen LogP contribution in [0.3, 0.4) is 0 Å². The second-order valence-electron chi connectivity index (χ2n) is 9.37. The topological polar surface area (TPSA) is 106 Å². The number of aliphatic hydroxyl groups excluding tert-OH is 1. The molecule has 0 saturated carbocycles. The normalized spacial score (nSPS) is 14.9. The molecule has 1 atom stereocenters. The molecule has 0 spiro atoms. The number of ketones is 1. The molecular weight excluding hydrogens is 629 g/mol. The number of nitrogens with zero attached hydrogens (tertiary/aromatic N) is 3. The first-order valence-electron chi connectivity index (χ1n) is 12.9. The zero-order valence-corrected chi connectivity index (χ0v) is 25.3. The molecule has 1 unspecified atom stereocenters. The van der Waals surface area contributed by atoms with Crippen LogP contribution in [-0.2, 0) is 17.2 Å². The molecule has 5 aromatic rings. The van der Waals surface area contributed by atoms with Crippen molar-refractivity contribution >= 4 is 63.1 Å². The predicted octanol–water partition coefficient (Wildman–Crippen LogP) is 8.09. The summed E-state index contributed by atoms with van der Waals surface area (Å²) in [6.45, 7) is 0.325. The Morgan fingerprint density at radius 2 is 1.86 bits per heavy atom. The molecule has 1 amide bonds. The summed E-state index contributed by atoms with van der Waals surface area (Å²) in [5.74, 6) is -1.06. The third-order valence-electron chi connectivity index (χ3n) is 6.59. The largest absolute Gasteiger partial charge is 0.503 e. The molecule has 0 saturated heterocycles. The molecule has 1 aliphatic rings. The predicted molar refractivity (Wildman–Crippen MR) is 166 cm³/mol.